The van der Waals surface area contributed by atoms with E-state index in [4.69, 9.17) is 4.74 Å². The SMILES string of the molecule is CCOc1cnc2c(c1C)C(=O)c1c(n(CC)c3ccccc13)C2=O. The molecule has 4 rings (SSSR count). The second-order valence-corrected chi connectivity index (χ2v) is 6.05. The Morgan fingerprint density at radius 3 is 2.56 bits per heavy atom. The van der Waals surface area contributed by atoms with Crippen molar-refractivity contribution in [1.29, 1.82) is 0 Å². The third-order valence-corrected chi connectivity index (χ3v) is 4.76. The van der Waals surface area contributed by atoms with Gasteiger partial charge < -0.3 is 9.30 Å². The maximum Gasteiger partial charge on any atom is 0.229 e. The average molecular weight is 334 g/mol. The number of ketones is 2. The van der Waals surface area contributed by atoms with Crippen molar-refractivity contribution in [3.63, 3.8) is 0 Å². The maximum absolute atomic E-state index is 13.3. The maximum atomic E-state index is 13.3. The number of carbonyl (C=O) groups is 2. The summed E-state index contributed by atoms with van der Waals surface area (Å²) in [5.74, 6) is 0.193. The quantitative estimate of drug-likeness (QED) is 0.575. The molecule has 5 nitrogen and oxygen atoms in total. The summed E-state index contributed by atoms with van der Waals surface area (Å²) < 4.78 is 7.46. The van der Waals surface area contributed by atoms with E-state index in [0.717, 1.165) is 10.9 Å². The Balaban J connectivity index is 2.07. The van der Waals surface area contributed by atoms with Gasteiger partial charge in [-0.15, -0.1) is 0 Å². The Kier molecular flexibility index (Phi) is 3.46. The zero-order chi connectivity index (χ0) is 17.7. The fraction of sp³-hybridized carbons (Fsp3) is 0.250. The first-order chi connectivity index (χ1) is 12.1. The van der Waals surface area contributed by atoms with Crippen molar-refractivity contribution < 1.29 is 14.3 Å². The molecule has 2 heterocycles. The Labute approximate surface area is 145 Å². The average Bonchev–Trinajstić information content (AvgIpc) is 2.96. The molecule has 0 bridgehead atoms. The number of fused-ring (bicyclic) bond motifs is 4. The monoisotopic (exact) mass is 334 g/mol. The minimum atomic E-state index is -0.200. The van der Waals surface area contributed by atoms with Crippen molar-refractivity contribution in [3.05, 3.63) is 58.5 Å². The van der Waals surface area contributed by atoms with Gasteiger partial charge >= 0.3 is 0 Å². The largest absolute Gasteiger partial charge is 0.492 e. The summed E-state index contributed by atoms with van der Waals surface area (Å²) in [5, 5.41) is 0.810. The highest BCUT2D eigenvalue weighted by Gasteiger charge is 2.37. The zero-order valence-corrected chi connectivity index (χ0v) is 14.4. The van der Waals surface area contributed by atoms with E-state index >= 15 is 0 Å². The van der Waals surface area contributed by atoms with Crippen LogP contribution in [0.3, 0.4) is 0 Å². The Hall–Kier alpha value is -2.95. The Bertz CT molecular complexity index is 1050. The van der Waals surface area contributed by atoms with Crippen molar-refractivity contribution in [1.82, 2.24) is 9.55 Å². The first-order valence-corrected chi connectivity index (χ1v) is 8.43. The lowest BCUT2D eigenvalue weighted by atomic mass is 9.87. The number of hydrogen-bond acceptors (Lipinski definition) is 4. The molecule has 1 aromatic carbocycles. The second-order valence-electron chi connectivity index (χ2n) is 6.05. The van der Waals surface area contributed by atoms with Crippen LogP contribution in [0.5, 0.6) is 5.75 Å². The minimum Gasteiger partial charge on any atom is -0.492 e. The van der Waals surface area contributed by atoms with Gasteiger partial charge in [0.05, 0.1) is 23.9 Å². The number of nitrogens with zero attached hydrogens (tertiary/aromatic N) is 2. The predicted octanol–water partition coefficient (Wildman–Crippen LogP) is 3.54. The Morgan fingerprint density at radius 2 is 1.84 bits per heavy atom. The van der Waals surface area contributed by atoms with E-state index in [1.807, 2.05) is 42.7 Å². The van der Waals surface area contributed by atoms with Crippen LogP contribution in [0.1, 0.15) is 51.5 Å². The molecule has 0 N–H and O–H groups in total. The van der Waals surface area contributed by atoms with Crippen LogP contribution in [0.2, 0.25) is 0 Å². The van der Waals surface area contributed by atoms with Gasteiger partial charge in [0.2, 0.25) is 5.78 Å². The van der Waals surface area contributed by atoms with Gasteiger partial charge in [-0.1, -0.05) is 18.2 Å². The lowest BCUT2D eigenvalue weighted by Gasteiger charge is -2.19. The highest BCUT2D eigenvalue weighted by atomic mass is 16.5. The van der Waals surface area contributed by atoms with Crippen LogP contribution >= 0.6 is 0 Å². The number of benzene rings is 1. The standard InChI is InChI=1S/C20H18N2O3/c1-4-22-13-9-7-6-8-12(13)16-18(22)20(24)17-15(19(16)23)11(3)14(10-21-17)25-5-2/h6-10H,4-5H2,1-3H3. The summed E-state index contributed by atoms with van der Waals surface area (Å²) >= 11 is 0. The van der Waals surface area contributed by atoms with Crippen LogP contribution in [-0.4, -0.2) is 27.7 Å². The molecule has 25 heavy (non-hydrogen) atoms. The smallest absolute Gasteiger partial charge is 0.229 e. The first kappa shape index (κ1) is 15.6. The molecular formula is C20H18N2O3. The molecule has 0 aliphatic heterocycles. The Morgan fingerprint density at radius 1 is 1.08 bits per heavy atom. The number of hydrogen-bond donors (Lipinski definition) is 0. The van der Waals surface area contributed by atoms with Crippen molar-refractivity contribution in [3.8, 4) is 5.75 Å². The van der Waals surface area contributed by atoms with Crippen LogP contribution < -0.4 is 4.74 Å². The molecule has 1 aliphatic carbocycles. The number of para-hydroxylation sites is 1. The van der Waals surface area contributed by atoms with Crippen LogP contribution in [0.25, 0.3) is 10.9 Å². The number of carbonyl (C=O) groups excluding carboxylic acids is 2. The number of aryl methyl sites for hydroxylation is 1. The molecule has 0 radical (unpaired) electrons. The van der Waals surface area contributed by atoms with E-state index in [1.165, 1.54) is 6.20 Å². The minimum absolute atomic E-state index is 0.153. The molecule has 0 unspecified atom stereocenters. The van der Waals surface area contributed by atoms with E-state index in [9.17, 15) is 9.59 Å². The molecule has 5 heteroatoms. The van der Waals surface area contributed by atoms with Crippen molar-refractivity contribution in [2.45, 2.75) is 27.3 Å². The van der Waals surface area contributed by atoms with E-state index in [-0.39, 0.29) is 17.3 Å². The highest BCUT2D eigenvalue weighted by molar-refractivity contribution is 6.32. The summed E-state index contributed by atoms with van der Waals surface area (Å²) in [6.45, 7) is 6.74. The van der Waals surface area contributed by atoms with Crippen molar-refractivity contribution >= 4 is 22.5 Å². The highest BCUT2D eigenvalue weighted by Crippen LogP contribution is 2.37. The normalized spacial score (nSPS) is 13.1. The predicted molar refractivity (Wildman–Crippen MR) is 94.6 cm³/mol. The first-order valence-electron chi connectivity index (χ1n) is 8.43. The summed E-state index contributed by atoms with van der Waals surface area (Å²) in [6, 6.07) is 7.64. The molecule has 2 aromatic heterocycles. The number of aromatic nitrogens is 2. The van der Waals surface area contributed by atoms with Gasteiger partial charge in [0, 0.05) is 23.0 Å². The van der Waals surface area contributed by atoms with Crippen LogP contribution in [-0.2, 0) is 6.54 Å². The van der Waals surface area contributed by atoms with Crippen LogP contribution in [0.4, 0.5) is 0 Å². The molecule has 0 saturated carbocycles. The molecule has 0 atom stereocenters. The second kappa shape index (κ2) is 5.55. The van der Waals surface area contributed by atoms with Gasteiger partial charge in [-0.25, -0.2) is 4.98 Å². The molecule has 3 aromatic rings. The van der Waals surface area contributed by atoms with Gasteiger partial charge in [-0.2, -0.15) is 0 Å². The summed E-state index contributed by atoms with van der Waals surface area (Å²) in [5.41, 5.74) is 3.07. The number of ether oxygens (including phenoxy) is 1. The summed E-state index contributed by atoms with van der Waals surface area (Å²) in [4.78, 5) is 30.7. The lowest BCUT2D eigenvalue weighted by molar-refractivity contribution is 0.0969. The molecule has 0 saturated heterocycles. The van der Waals surface area contributed by atoms with Gasteiger partial charge in [-0.05, 0) is 26.8 Å². The molecular weight excluding hydrogens is 316 g/mol. The topological polar surface area (TPSA) is 61.2 Å². The zero-order valence-electron chi connectivity index (χ0n) is 14.4. The number of pyridine rings is 1. The molecule has 0 amide bonds. The molecule has 126 valence electrons. The van der Waals surface area contributed by atoms with E-state index in [1.54, 1.807) is 6.92 Å². The van der Waals surface area contributed by atoms with Gasteiger partial charge in [0.1, 0.15) is 17.1 Å². The summed E-state index contributed by atoms with van der Waals surface area (Å²) in [7, 11) is 0. The van der Waals surface area contributed by atoms with E-state index < -0.39 is 0 Å². The van der Waals surface area contributed by atoms with Gasteiger partial charge in [0.25, 0.3) is 0 Å². The van der Waals surface area contributed by atoms with Crippen molar-refractivity contribution in [2.75, 3.05) is 6.61 Å². The van der Waals surface area contributed by atoms with Crippen molar-refractivity contribution in [2.24, 2.45) is 0 Å². The fourth-order valence-electron chi connectivity index (χ4n) is 3.67. The third-order valence-electron chi connectivity index (χ3n) is 4.76. The molecule has 0 spiro atoms. The van der Waals surface area contributed by atoms with Crippen LogP contribution in [0.15, 0.2) is 30.5 Å². The number of rotatable bonds is 3. The fourth-order valence-corrected chi connectivity index (χ4v) is 3.67. The molecule has 1 aliphatic rings. The summed E-state index contributed by atoms with van der Waals surface area (Å²) in [6.07, 6.45) is 1.53. The van der Waals surface area contributed by atoms with Gasteiger partial charge in [0.15, 0.2) is 5.78 Å². The molecule has 0 fully saturated rings. The van der Waals surface area contributed by atoms with Crippen LogP contribution in [0, 0.1) is 6.92 Å². The third kappa shape index (κ3) is 1.98. The lowest BCUT2D eigenvalue weighted by Crippen LogP contribution is -2.25. The van der Waals surface area contributed by atoms with Gasteiger partial charge in [-0.3, -0.25) is 9.59 Å². The van der Waals surface area contributed by atoms with E-state index in [0.29, 0.717) is 41.3 Å². The van der Waals surface area contributed by atoms with E-state index in [2.05, 4.69) is 4.98 Å².